The zero-order valence-electron chi connectivity index (χ0n) is 7.08. The van der Waals surface area contributed by atoms with Crippen molar-refractivity contribution in [1.29, 1.82) is 0 Å². The molecule has 1 heterocycles. The number of nitrogens with two attached hydrogens (primary N) is 1. The number of H-pyrrole nitrogens is 1. The Balaban J connectivity index is 2.71. The first-order valence-corrected chi connectivity index (χ1v) is 4.10. The number of aldehydes is 1. The molecule has 0 saturated carbocycles. The monoisotopic (exact) mass is 174 g/mol. The van der Waals surface area contributed by atoms with Crippen LogP contribution in [-0.2, 0) is 6.54 Å². The van der Waals surface area contributed by atoms with E-state index >= 15 is 0 Å². The number of nitrogens with one attached hydrogen (secondary N) is 1. The van der Waals surface area contributed by atoms with Crippen LogP contribution in [0.15, 0.2) is 24.4 Å². The molecule has 0 radical (unpaired) electrons. The first-order chi connectivity index (χ1) is 6.35. The number of aromatic nitrogens is 1. The molecule has 0 aliphatic heterocycles. The van der Waals surface area contributed by atoms with Gasteiger partial charge >= 0.3 is 0 Å². The van der Waals surface area contributed by atoms with Crippen molar-refractivity contribution in [2.24, 2.45) is 5.73 Å². The highest BCUT2D eigenvalue weighted by Gasteiger charge is 2.02. The predicted octanol–water partition coefficient (Wildman–Crippen LogP) is 1.44. The van der Waals surface area contributed by atoms with Crippen LogP contribution in [0.4, 0.5) is 0 Å². The van der Waals surface area contributed by atoms with E-state index in [0.29, 0.717) is 12.1 Å². The van der Waals surface area contributed by atoms with Crippen molar-refractivity contribution >= 4 is 17.2 Å². The van der Waals surface area contributed by atoms with E-state index in [9.17, 15) is 4.79 Å². The van der Waals surface area contributed by atoms with E-state index in [1.807, 2.05) is 18.2 Å². The van der Waals surface area contributed by atoms with Crippen LogP contribution < -0.4 is 5.73 Å². The topological polar surface area (TPSA) is 58.9 Å². The molecule has 3 nitrogen and oxygen atoms in total. The minimum absolute atomic E-state index is 0.499. The lowest BCUT2D eigenvalue weighted by atomic mass is 10.1. The molecule has 0 amide bonds. The molecule has 3 heteroatoms. The summed E-state index contributed by atoms with van der Waals surface area (Å²) in [5, 5.41) is 0.943. The van der Waals surface area contributed by atoms with E-state index in [2.05, 4.69) is 4.98 Å². The van der Waals surface area contributed by atoms with Gasteiger partial charge in [0.2, 0.25) is 0 Å². The van der Waals surface area contributed by atoms with E-state index in [1.165, 1.54) is 0 Å². The zero-order chi connectivity index (χ0) is 9.26. The van der Waals surface area contributed by atoms with Crippen molar-refractivity contribution in [1.82, 2.24) is 4.98 Å². The fourth-order valence-corrected chi connectivity index (χ4v) is 1.41. The van der Waals surface area contributed by atoms with Crippen molar-refractivity contribution in [2.75, 3.05) is 0 Å². The molecule has 0 atom stereocenters. The fraction of sp³-hybridized carbons (Fsp3) is 0.100. The quantitative estimate of drug-likeness (QED) is 0.677. The molecule has 0 saturated heterocycles. The minimum Gasteiger partial charge on any atom is -0.360 e. The van der Waals surface area contributed by atoms with E-state index < -0.39 is 0 Å². The Kier molecular flexibility index (Phi) is 1.87. The van der Waals surface area contributed by atoms with Crippen LogP contribution in [0, 0.1) is 0 Å². The van der Waals surface area contributed by atoms with Crippen molar-refractivity contribution < 1.29 is 4.79 Å². The van der Waals surface area contributed by atoms with Crippen LogP contribution in [0.25, 0.3) is 10.9 Å². The molecule has 0 spiro atoms. The van der Waals surface area contributed by atoms with Gasteiger partial charge in [0, 0.05) is 29.2 Å². The molecule has 1 aromatic carbocycles. The number of carbonyl (C=O) groups is 1. The molecule has 0 unspecified atom stereocenters. The van der Waals surface area contributed by atoms with E-state index in [-0.39, 0.29) is 0 Å². The standard InChI is InChI=1S/C10H10N2O/c11-4-7-1-2-10-9(3-7)8(6-13)5-12-10/h1-3,5-6,12H,4,11H2. The highest BCUT2D eigenvalue weighted by molar-refractivity contribution is 5.97. The zero-order valence-corrected chi connectivity index (χ0v) is 7.08. The summed E-state index contributed by atoms with van der Waals surface area (Å²) in [6.07, 6.45) is 2.55. The van der Waals surface area contributed by atoms with Crippen LogP contribution >= 0.6 is 0 Å². The second-order valence-electron chi connectivity index (χ2n) is 2.95. The van der Waals surface area contributed by atoms with Crippen molar-refractivity contribution in [3.8, 4) is 0 Å². The van der Waals surface area contributed by atoms with Crippen LogP contribution in [0.1, 0.15) is 15.9 Å². The third-order valence-corrected chi connectivity index (χ3v) is 2.14. The summed E-state index contributed by atoms with van der Waals surface area (Å²) in [5.41, 5.74) is 8.20. The number of fused-ring (bicyclic) bond motifs is 1. The molecule has 0 fully saturated rings. The Labute approximate surface area is 75.6 Å². The Morgan fingerprint density at radius 3 is 3.00 bits per heavy atom. The van der Waals surface area contributed by atoms with Gasteiger partial charge in [-0.15, -0.1) is 0 Å². The first kappa shape index (κ1) is 8.01. The molecule has 1 aromatic heterocycles. The van der Waals surface area contributed by atoms with Crippen molar-refractivity contribution in [2.45, 2.75) is 6.54 Å². The Bertz CT molecular complexity index is 445. The number of hydrogen-bond donors (Lipinski definition) is 2. The van der Waals surface area contributed by atoms with Gasteiger partial charge in [0.25, 0.3) is 0 Å². The summed E-state index contributed by atoms with van der Waals surface area (Å²) in [4.78, 5) is 13.6. The van der Waals surface area contributed by atoms with Gasteiger partial charge in [-0.2, -0.15) is 0 Å². The Hall–Kier alpha value is -1.61. The summed E-state index contributed by atoms with van der Waals surface area (Å²) in [5.74, 6) is 0. The van der Waals surface area contributed by atoms with Gasteiger partial charge in [0.05, 0.1) is 0 Å². The number of carbonyl (C=O) groups excluding carboxylic acids is 1. The average Bonchev–Trinajstić information content (AvgIpc) is 2.59. The molecular weight excluding hydrogens is 164 g/mol. The lowest BCUT2D eigenvalue weighted by Gasteiger charge is -1.96. The van der Waals surface area contributed by atoms with Crippen LogP contribution in [0.3, 0.4) is 0 Å². The molecular formula is C10H10N2O. The maximum Gasteiger partial charge on any atom is 0.152 e. The molecule has 0 aliphatic rings. The largest absolute Gasteiger partial charge is 0.360 e. The van der Waals surface area contributed by atoms with Gasteiger partial charge in [-0.25, -0.2) is 0 Å². The second kappa shape index (κ2) is 3.03. The number of aromatic amines is 1. The van der Waals surface area contributed by atoms with Gasteiger partial charge < -0.3 is 10.7 Å². The van der Waals surface area contributed by atoms with Crippen molar-refractivity contribution in [3.05, 3.63) is 35.5 Å². The maximum atomic E-state index is 10.6. The average molecular weight is 174 g/mol. The van der Waals surface area contributed by atoms with Gasteiger partial charge in [-0.1, -0.05) is 6.07 Å². The smallest absolute Gasteiger partial charge is 0.152 e. The van der Waals surface area contributed by atoms with Gasteiger partial charge in [-0.05, 0) is 17.7 Å². The third kappa shape index (κ3) is 1.23. The summed E-state index contributed by atoms with van der Waals surface area (Å²) >= 11 is 0. The first-order valence-electron chi connectivity index (χ1n) is 4.10. The lowest BCUT2D eigenvalue weighted by Crippen LogP contribution is -1.95. The van der Waals surface area contributed by atoms with Gasteiger partial charge in [-0.3, -0.25) is 4.79 Å². The van der Waals surface area contributed by atoms with E-state index in [0.717, 1.165) is 22.8 Å². The van der Waals surface area contributed by atoms with Gasteiger partial charge in [0.1, 0.15) is 0 Å². The summed E-state index contributed by atoms with van der Waals surface area (Å²) in [7, 11) is 0. The summed E-state index contributed by atoms with van der Waals surface area (Å²) in [6, 6.07) is 5.83. The fourth-order valence-electron chi connectivity index (χ4n) is 1.41. The second-order valence-corrected chi connectivity index (χ2v) is 2.95. The van der Waals surface area contributed by atoms with E-state index in [1.54, 1.807) is 6.20 Å². The van der Waals surface area contributed by atoms with Crippen LogP contribution in [0.5, 0.6) is 0 Å². The summed E-state index contributed by atoms with van der Waals surface area (Å²) in [6.45, 7) is 0.499. The molecule has 2 aromatic rings. The van der Waals surface area contributed by atoms with Crippen molar-refractivity contribution in [3.63, 3.8) is 0 Å². The number of rotatable bonds is 2. The third-order valence-electron chi connectivity index (χ3n) is 2.14. The van der Waals surface area contributed by atoms with Gasteiger partial charge in [0.15, 0.2) is 6.29 Å². The Morgan fingerprint density at radius 1 is 1.46 bits per heavy atom. The number of benzene rings is 1. The minimum atomic E-state index is 0.499. The van der Waals surface area contributed by atoms with Crippen LogP contribution in [-0.4, -0.2) is 11.3 Å². The summed E-state index contributed by atoms with van der Waals surface area (Å²) < 4.78 is 0. The molecule has 13 heavy (non-hydrogen) atoms. The van der Waals surface area contributed by atoms with Crippen LogP contribution in [0.2, 0.25) is 0 Å². The SMILES string of the molecule is NCc1ccc2[nH]cc(C=O)c2c1. The Morgan fingerprint density at radius 2 is 2.31 bits per heavy atom. The highest BCUT2D eigenvalue weighted by Crippen LogP contribution is 2.18. The molecule has 66 valence electrons. The number of hydrogen-bond acceptors (Lipinski definition) is 2. The van der Waals surface area contributed by atoms with E-state index in [4.69, 9.17) is 5.73 Å². The maximum absolute atomic E-state index is 10.6. The predicted molar refractivity (Wildman–Crippen MR) is 51.6 cm³/mol. The molecule has 3 N–H and O–H groups in total. The molecule has 0 bridgehead atoms. The lowest BCUT2D eigenvalue weighted by molar-refractivity contribution is 0.112. The highest BCUT2D eigenvalue weighted by atomic mass is 16.1. The normalized spacial score (nSPS) is 10.5. The molecule has 0 aliphatic carbocycles. The molecule has 2 rings (SSSR count).